The largest absolute Gasteiger partial charge is 0.497 e. The molecule has 1 aromatic rings. The maximum atomic E-state index is 5.39. The Morgan fingerprint density at radius 2 is 1.96 bits per heavy atom. The number of nitrogens with zero attached hydrogens (tertiary/aromatic N) is 2. The maximum Gasteiger partial charge on any atom is 0.193 e. The van der Waals surface area contributed by atoms with Crippen LogP contribution < -0.4 is 14.8 Å². The van der Waals surface area contributed by atoms with E-state index in [2.05, 4.69) is 39.5 Å². The minimum atomic E-state index is 0. The van der Waals surface area contributed by atoms with Crippen LogP contribution in [0.1, 0.15) is 31.2 Å². The van der Waals surface area contributed by atoms with Gasteiger partial charge >= 0.3 is 0 Å². The molecule has 1 saturated heterocycles. The standard InChI is InChI=1S/C19H29N3O2.HI/c1-5-6-7-9-21-19(20-2)22-10-8-15(14-22)16-11-17(23-3)13-18(12-16)24-4;/h5-6,11-13,15H,7-10,14H2,1-4H3,(H,20,21);1H/b6-5+;. The molecule has 1 aliphatic heterocycles. The predicted octanol–water partition coefficient (Wildman–Crippen LogP) is 3.65. The van der Waals surface area contributed by atoms with Crippen molar-refractivity contribution in [2.45, 2.75) is 25.7 Å². The number of ether oxygens (including phenoxy) is 2. The summed E-state index contributed by atoms with van der Waals surface area (Å²) in [7, 11) is 5.23. The number of hydrogen-bond acceptors (Lipinski definition) is 3. The van der Waals surface area contributed by atoms with Crippen LogP contribution in [0, 0.1) is 0 Å². The Morgan fingerprint density at radius 1 is 1.28 bits per heavy atom. The van der Waals surface area contributed by atoms with Crippen molar-refractivity contribution in [3.05, 3.63) is 35.9 Å². The van der Waals surface area contributed by atoms with Crippen LogP contribution in [-0.2, 0) is 0 Å². The number of guanidine groups is 1. The van der Waals surface area contributed by atoms with Crippen molar-refractivity contribution in [3.63, 3.8) is 0 Å². The quantitative estimate of drug-likeness (QED) is 0.232. The second kappa shape index (κ2) is 11.2. The Kier molecular flexibility index (Phi) is 9.70. The van der Waals surface area contributed by atoms with Gasteiger partial charge in [0.1, 0.15) is 11.5 Å². The van der Waals surface area contributed by atoms with Crippen LogP contribution >= 0.6 is 24.0 Å². The average molecular weight is 459 g/mol. The summed E-state index contributed by atoms with van der Waals surface area (Å²) in [5.74, 6) is 3.13. The zero-order valence-electron chi connectivity index (χ0n) is 15.6. The highest BCUT2D eigenvalue weighted by molar-refractivity contribution is 14.0. The molecule has 0 aromatic heterocycles. The van der Waals surface area contributed by atoms with E-state index < -0.39 is 0 Å². The molecule has 0 aliphatic carbocycles. The number of hydrogen-bond donors (Lipinski definition) is 1. The van der Waals surface area contributed by atoms with Crippen molar-refractivity contribution in [2.24, 2.45) is 4.99 Å². The van der Waals surface area contributed by atoms with E-state index in [1.165, 1.54) is 5.56 Å². The van der Waals surface area contributed by atoms with Crippen molar-refractivity contribution in [2.75, 3.05) is 40.9 Å². The maximum absolute atomic E-state index is 5.39. The van der Waals surface area contributed by atoms with Crippen LogP contribution in [0.2, 0.25) is 0 Å². The molecule has 0 spiro atoms. The summed E-state index contributed by atoms with van der Waals surface area (Å²) in [4.78, 5) is 6.75. The molecule has 1 fully saturated rings. The van der Waals surface area contributed by atoms with Gasteiger partial charge in [-0.1, -0.05) is 12.2 Å². The zero-order chi connectivity index (χ0) is 17.4. The molecule has 1 aromatic carbocycles. The predicted molar refractivity (Wildman–Crippen MR) is 115 cm³/mol. The molecular formula is C19H30IN3O2. The molecule has 6 heteroatoms. The van der Waals surface area contributed by atoms with E-state index in [0.717, 1.165) is 49.9 Å². The number of benzene rings is 1. The molecule has 140 valence electrons. The molecule has 25 heavy (non-hydrogen) atoms. The normalized spacial score (nSPS) is 17.5. The van der Waals surface area contributed by atoms with Gasteiger partial charge in [0.15, 0.2) is 5.96 Å². The lowest BCUT2D eigenvalue weighted by Gasteiger charge is -2.21. The fourth-order valence-electron chi connectivity index (χ4n) is 3.06. The van der Waals surface area contributed by atoms with Crippen LogP contribution in [0.4, 0.5) is 0 Å². The third-order valence-electron chi connectivity index (χ3n) is 4.37. The molecule has 5 nitrogen and oxygen atoms in total. The number of methoxy groups -OCH3 is 2. The number of nitrogens with one attached hydrogen (secondary N) is 1. The minimum Gasteiger partial charge on any atom is -0.497 e. The lowest BCUT2D eigenvalue weighted by molar-refractivity contribution is 0.392. The van der Waals surface area contributed by atoms with Gasteiger partial charge < -0.3 is 19.7 Å². The molecule has 0 saturated carbocycles. The first-order valence-electron chi connectivity index (χ1n) is 8.51. The van der Waals surface area contributed by atoms with Gasteiger partial charge in [-0.3, -0.25) is 4.99 Å². The van der Waals surface area contributed by atoms with Crippen molar-refractivity contribution >= 4 is 29.9 Å². The van der Waals surface area contributed by atoms with Gasteiger partial charge in [0.2, 0.25) is 0 Å². The molecule has 0 radical (unpaired) electrons. The highest BCUT2D eigenvalue weighted by Gasteiger charge is 2.26. The third kappa shape index (κ3) is 6.09. The fourth-order valence-corrected chi connectivity index (χ4v) is 3.06. The van der Waals surface area contributed by atoms with Gasteiger partial charge in [0, 0.05) is 38.7 Å². The summed E-state index contributed by atoms with van der Waals surface area (Å²) in [6.07, 6.45) is 6.36. The van der Waals surface area contributed by atoms with Crippen molar-refractivity contribution in [1.82, 2.24) is 10.2 Å². The topological polar surface area (TPSA) is 46.1 Å². The van der Waals surface area contributed by atoms with Gasteiger partial charge in [0.25, 0.3) is 0 Å². The summed E-state index contributed by atoms with van der Waals surface area (Å²) in [5.41, 5.74) is 1.26. The van der Waals surface area contributed by atoms with E-state index in [-0.39, 0.29) is 24.0 Å². The van der Waals surface area contributed by atoms with Crippen molar-refractivity contribution in [1.29, 1.82) is 0 Å². The lowest BCUT2D eigenvalue weighted by atomic mass is 9.98. The molecule has 1 heterocycles. The van der Waals surface area contributed by atoms with Crippen LogP contribution in [-0.4, -0.2) is 51.8 Å². The summed E-state index contributed by atoms with van der Waals surface area (Å²) in [5, 5.41) is 3.44. The minimum absolute atomic E-state index is 0. The van der Waals surface area contributed by atoms with E-state index in [1.807, 2.05) is 20.0 Å². The Labute approximate surface area is 168 Å². The van der Waals surface area contributed by atoms with Gasteiger partial charge in [0.05, 0.1) is 14.2 Å². The molecule has 1 N–H and O–H groups in total. The first-order valence-corrected chi connectivity index (χ1v) is 8.51. The van der Waals surface area contributed by atoms with Gasteiger partial charge in [-0.2, -0.15) is 0 Å². The van der Waals surface area contributed by atoms with E-state index in [0.29, 0.717) is 5.92 Å². The van der Waals surface area contributed by atoms with Crippen molar-refractivity contribution in [3.8, 4) is 11.5 Å². The van der Waals surface area contributed by atoms with Crippen LogP contribution in [0.5, 0.6) is 11.5 Å². The monoisotopic (exact) mass is 459 g/mol. The third-order valence-corrected chi connectivity index (χ3v) is 4.37. The zero-order valence-corrected chi connectivity index (χ0v) is 17.9. The fraction of sp³-hybridized carbons (Fsp3) is 0.526. The smallest absolute Gasteiger partial charge is 0.193 e. The highest BCUT2D eigenvalue weighted by atomic mass is 127. The van der Waals surface area contributed by atoms with Crippen molar-refractivity contribution < 1.29 is 9.47 Å². The Balaban J connectivity index is 0.00000312. The molecule has 1 aliphatic rings. The van der Waals surface area contributed by atoms with Crippen LogP contribution in [0.15, 0.2) is 35.3 Å². The molecular weight excluding hydrogens is 429 g/mol. The second-order valence-corrected chi connectivity index (χ2v) is 5.91. The lowest BCUT2D eigenvalue weighted by Crippen LogP contribution is -2.40. The van der Waals surface area contributed by atoms with E-state index >= 15 is 0 Å². The first kappa shape index (κ1) is 21.6. The highest BCUT2D eigenvalue weighted by Crippen LogP contribution is 2.32. The summed E-state index contributed by atoms with van der Waals surface area (Å²) in [6.45, 7) is 4.92. The van der Waals surface area contributed by atoms with Gasteiger partial charge in [-0.25, -0.2) is 0 Å². The van der Waals surface area contributed by atoms with Crippen LogP contribution in [0.3, 0.4) is 0 Å². The summed E-state index contributed by atoms with van der Waals surface area (Å²) >= 11 is 0. The molecule has 1 atom stereocenters. The first-order chi connectivity index (χ1) is 11.7. The Morgan fingerprint density at radius 3 is 2.52 bits per heavy atom. The number of likely N-dealkylation sites (tertiary alicyclic amines) is 1. The van der Waals surface area contributed by atoms with Crippen LogP contribution in [0.25, 0.3) is 0 Å². The molecule has 1 unspecified atom stereocenters. The molecule has 2 rings (SSSR count). The summed E-state index contributed by atoms with van der Waals surface area (Å²) in [6, 6.07) is 6.13. The Hall–Kier alpha value is -1.44. The second-order valence-electron chi connectivity index (χ2n) is 5.91. The summed E-state index contributed by atoms with van der Waals surface area (Å²) < 4.78 is 10.8. The van der Waals surface area contributed by atoms with E-state index in [4.69, 9.17) is 9.47 Å². The average Bonchev–Trinajstić information content (AvgIpc) is 3.11. The Bertz CT molecular complexity index is 568. The van der Waals surface area contributed by atoms with Gasteiger partial charge in [-0.15, -0.1) is 24.0 Å². The number of halogens is 1. The SMILES string of the molecule is C/C=C/CCNC(=NC)N1CCC(c2cc(OC)cc(OC)c2)C1.I. The van der Waals surface area contributed by atoms with Gasteiger partial charge in [-0.05, 0) is 37.5 Å². The number of aliphatic imine (C=N–C) groups is 1. The number of allylic oxidation sites excluding steroid dienone is 1. The number of rotatable bonds is 6. The van der Waals surface area contributed by atoms with E-state index in [1.54, 1.807) is 14.2 Å². The molecule has 0 amide bonds. The van der Waals surface area contributed by atoms with E-state index in [9.17, 15) is 0 Å². The molecule has 0 bridgehead atoms.